The molecule has 0 spiro atoms. The molecule has 2 unspecified atom stereocenters. The van der Waals surface area contributed by atoms with Crippen molar-refractivity contribution in [1.82, 2.24) is 9.80 Å². The lowest BCUT2D eigenvalue weighted by Gasteiger charge is -2.32. The predicted molar refractivity (Wildman–Crippen MR) is 91.9 cm³/mol. The summed E-state index contributed by atoms with van der Waals surface area (Å²) in [6.07, 6.45) is 1.31. The van der Waals surface area contributed by atoms with Gasteiger partial charge in [-0.3, -0.25) is 14.4 Å². The molecular formula is C19H24N2O4. The van der Waals surface area contributed by atoms with E-state index in [2.05, 4.69) is 0 Å². The van der Waals surface area contributed by atoms with Crippen LogP contribution in [0.4, 0.5) is 0 Å². The van der Waals surface area contributed by atoms with E-state index in [1.807, 2.05) is 30.3 Å². The van der Waals surface area contributed by atoms with Gasteiger partial charge < -0.3 is 14.9 Å². The standard InChI is InChI=1S/C19H24N2O4/c1-13(22)20-9-7-15(8-10-20)18(23)21-11-16(17(12-21)19(24)25)14-5-3-2-4-6-14/h2-6,15-17H,7-12H2,1H3,(H,24,25). The van der Waals surface area contributed by atoms with E-state index < -0.39 is 11.9 Å². The average molecular weight is 344 g/mol. The number of carbonyl (C=O) groups is 3. The Bertz CT molecular complexity index is 653. The summed E-state index contributed by atoms with van der Waals surface area (Å²) >= 11 is 0. The first-order valence-corrected chi connectivity index (χ1v) is 8.79. The van der Waals surface area contributed by atoms with Gasteiger partial charge in [-0.15, -0.1) is 0 Å². The number of carboxylic acid groups (broad SMARTS) is 1. The lowest BCUT2D eigenvalue weighted by atomic mass is 9.89. The van der Waals surface area contributed by atoms with Gasteiger partial charge in [0, 0.05) is 44.9 Å². The van der Waals surface area contributed by atoms with E-state index in [9.17, 15) is 19.5 Å². The smallest absolute Gasteiger partial charge is 0.308 e. The maximum Gasteiger partial charge on any atom is 0.308 e. The van der Waals surface area contributed by atoms with Crippen LogP contribution in [0.5, 0.6) is 0 Å². The fourth-order valence-corrected chi connectivity index (χ4v) is 3.97. The van der Waals surface area contributed by atoms with Crippen molar-refractivity contribution in [3.05, 3.63) is 35.9 Å². The number of carbonyl (C=O) groups excluding carboxylic acids is 2. The molecular weight excluding hydrogens is 320 g/mol. The SMILES string of the molecule is CC(=O)N1CCC(C(=O)N2CC(C(=O)O)C(c3ccccc3)C2)CC1. The van der Waals surface area contributed by atoms with Gasteiger partial charge in [-0.05, 0) is 18.4 Å². The van der Waals surface area contributed by atoms with Gasteiger partial charge in [0.15, 0.2) is 0 Å². The van der Waals surface area contributed by atoms with Crippen LogP contribution in [0.25, 0.3) is 0 Å². The Kier molecular flexibility index (Phi) is 5.06. The normalized spacial score (nSPS) is 24.4. The molecule has 6 nitrogen and oxygen atoms in total. The van der Waals surface area contributed by atoms with Crippen LogP contribution in [-0.4, -0.2) is 58.9 Å². The van der Waals surface area contributed by atoms with Crippen LogP contribution in [0.15, 0.2) is 30.3 Å². The molecule has 3 rings (SSSR count). The van der Waals surface area contributed by atoms with Crippen molar-refractivity contribution in [2.24, 2.45) is 11.8 Å². The molecule has 0 aromatic heterocycles. The number of piperidine rings is 1. The van der Waals surface area contributed by atoms with E-state index in [4.69, 9.17) is 0 Å². The largest absolute Gasteiger partial charge is 0.481 e. The van der Waals surface area contributed by atoms with Gasteiger partial charge in [-0.25, -0.2) is 0 Å². The number of likely N-dealkylation sites (tertiary alicyclic amines) is 2. The Morgan fingerprint density at radius 2 is 1.64 bits per heavy atom. The van der Waals surface area contributed by atoms with E-state index in [0.717, 1.165) is 5.56 Å². The summed E-state index contributed by atoms with van der Waals surface area (Å²) < 4.78 is 0. The van der Waals surface area contributed by atoms with Gasteiger partial charge in [0.25, 0.3) is 0 Å². The molecule has 25 heavy (non-hydrogen) atoms. The molecule has 2 heterocycles. The third-order valence-electron chi connectivity index (χ3n) is 5.47. The molecule has 1 N–H and O–H groups in total. The lowest BCUT2D eigenvalue weighted by Crippen LogP contribution is -2.43. The van der Waals surface area contributed by atoms with Gasteiger partial charge >= 0.3 is 5.97 Å². The Morgan fingerprint density at radius 3 is 2.20 bits per heavy atom. The van der Waals surface area contributed by atoms with Crippen LogP contribution < -0.4 is 0 Å². The van der Waals surface area contributed by atoms with Crippen molar-refractivity contribution in [2.45, 2.75) is 25.7 Å². The Morgan fingerprint density at radius 1 is 1.00 bits per heavy atom. The molecule has 0 radical (unpaired) electrons. The summed E-state index contributed by atoms with van der Waals surface area (Å²) in [6, 6.07) is 9.56. The second-order valence-corrected chi connectivity index (χ2v) is 6.99. The molecule has 1 aromatic rings. The van der Waals surface area contributed by atoms with Crippen LogP contribution in [0, 0.1) is 11.8 Å². The number of benzene rings is 1. The molecule has 2 fully saturated rings. The topological polar surface area (TPSA) is 77.9 Å². The predicted octanol–water partition coefficient (Wildman–Crippen LogP) is 1.57. The van der Waals surface area contributed by atoms with Crippen LogP contribution in [0.1, 0.15) is 31.2 Å². The van der Waals surface area contributed by atoms with E-state index in [1.165, 1.54) is 0 Å². The number of hydrogen-bond donors (Lipinski definition) is 1. The summed E-state index contributed by atoms with van der Waals surface area (Å²) in [4.78, 5) is 39.4. The molecule has 1 aromatic carbocycles. The summed E-state index contributed by atoms with van der Waals surface area (Å²) in [5.41, 5.74) is 0.969. The van der Waals surface area contributed by atoms with Crippen LogP contribution >= 0.6 is 0 Å². The highest BCUT2D eigenvalue weighted by atomic mass is 16.4. The summed E-state index contributed by atoms with van der Waals surface area (Å²) in [7, 11) is 0. The average Bonchev–Trinajstić information content (AvgIpc) is 3.07. The fraction of sp³-hybridized carbons (Fsp3) is 0.526. The van der Waals surface area contributed by atoms with E-state index in [1.54, 1.807) is 16.7 Å². The number of hydrogen-bond acceptors (Lipinski definition) is 3. The zero-order valence-corrected chi connectivity index (χ0v) is 14.4. The van der Waals surface area contributed by atoms with Crippen molar-refractivity contribution < 1.29 is 19.5 Å². The first-order valence-electron chi connectivity index (χ1n) is 8.79. The quantitative estimate of drug-likeness (QED) is 0.903. The molecule has 134 valence electrons. The molecule has 0 aliphatic carbocycles. The summed E-state index contributed by atoms with van der Waals surface area (Å²) in [6.45, 7) is 3.46. The number of amides is 2. The minimum absolute atomic E-state index is 0.0351. The third-order valence-corrected chi connectivity index (χ3v) is 5.47. The first kappa shape index (κ1) is 17.5. The summed E-state index contributed by atoms with van der Waals surface area (Å²) in [5, 5.41) is 9.57. The minimum atomic E-state index is -0.851. The minimum Gasteiger partial charge on any atom is -0.481 e. The van der Waals surface area contributed by atoms with Gasteiger partial charge in [-0.1, -0.05) is 30.3 Å². The molecule has 2 atom stereocenters. The van der Waals surface area contributed by atoms with Crippen LogP contribution in [-0.2, 0) is 14.4 Å². The van der Waals surface area contributed by atoms with Crippen molar-refractivity contribution in [1.29, 1.82) is 0 Å². The van der Waals surface area contributed by atoms with Crippen LogP contribution in [0.3, 0.4) is 0 Å². The van der Waals surface area contributed by atoms with E-state index >= 15 is 0 Å². The van der Waals surface area contributed by atoms with Gasteiger partial charge in [0.1, 0.15) is 0 Å². The zero-order chi connectivity index (χ0) is 18.0. The molecule has 2 aliphatic heterocycles. The third kappa shape index (κ3) is 3.67. The molecule has 2 amide bonds. The van der Waals surface area contributed by atoms with E-state index in [0.29, 0.717) is 32.5 Å². The second kappa shape index (κ2) is 7.25. The maximum atomic E-state index is 12.9. The number of nitrogens with zero attached hydrogens (tertiary/aromatic N) is 2. The number of carboxylic acids is 1. The Hall–Kier alpha value is -2.37. The van der Waals surface area contributed by atoms with E-state index in [-0.39, 0.29) is 30.2 Å². The fourth-order valence-electron chi connectivity index (χ4n) is 3.97. The summed E-state index contributed by atoms with van der Waals surface area (Å²) in [5.74, 6) is -1.62. The monoisotopic (exact) mass is 344 g/mol. The zero-order valence-electron chi connectivity index (χ0n) is 14.4. The van der Waals surface area contributed by atoms with Gasteiger partial charge in [-0.2, -0.15) is 0 Å². The second-order valence-electron chi connectivity index (χ2n) is 6.99. The van der Waals surface area contributed by atoms with Crippen molar-refractivity contribution in [2.75, 3.05) is 26.2 Å². The molecule has 2 aliphatic rings. The van der Waals surface area contributed by atoms with Crippen molar-refractivity contribution >= 4 is 17.8 Å². The Labute approximate surface area is 147 Å². The Balaban J connectivity index is 1.68. The maximum absolute atomic E-state index is 12.9. The highest BCUT2D eigenvalue weighted by Gasteiger charge is 2.42. The molecule has 0 saturated carbocycles. The number of rotatable bonds is 3. The molecule has 2 saturated heterocycles. The highest BCUT2D eigenvalue weighted by Crippen LogP contribution is 2.34. The lowest BCUT2D eigenvalue weighted by molar-refractivity contribution is -0.143. The van der Waals surface area contributed by atoms with Gasteiger partial charge in [0.2, 0.25) is 11.8 Å². The van der Waals surface area contributed by atoms with Crippen LogP contribution in [0.2, 0.25) is 0 Å². The molecule has 6 heteroatoms. The highest BCUT2D eigenvalue weighted by molar-refractivity contribution is 5.82. The number of aliphatic carboxylic acids is 1. The first-order chi connectivity index (χ1) is 12.0. The van der Waals surface area contributed by atoms with Crippen molar-refractivity contribution in [3.63, 3.8) is 0 Å². The van der Waals surface area contributed by atoms with Gasteiger partial charge in [0.05, 0.1) is 5.92 Å². The van der Waals surface area contributed by atoms with Crippen molar-refractivity contribution in [3.8, 4) is 0 Å². The molecule has 0 bridgehead atoms.